The minimum atomic E-state index is -0.182. The fourth-order valence-electron chi connectivity index (χ4n) is 4.48. The summed E-state index contributed by atoms with van der Waals surface area (Å²) in [5, 5.41) is 6.71. The van der Waals surface area contributed by atoms with Crippen LogP contribution >= 0.6 is 27.3 Å². The van der Waals surface area contributed by atoms with Crippen molar-refractivity contribution in [1.29, 1.82) is 0 Å². The first-order valence-electron chi connectivity index (χ1n) is 11.8. The number of methoxy groups -OCH3 is 1. The van der Waals surface area contributed by atoms with E-state index in [1.54, 1.807) is 18.4 Å². The second kappa shape index (κ2) is 10.5. The van der Waals surface area contributed by atoms with Gasteiger partial charge in [0.2, 0.25) is 5.91 Å². The predicted molar refractivity (Wildman–Crippen MR) is 147 cm³/mol. The summed E-state index contributed by atoms with van der Waals surface area (Å²) in [5.41, 5.74) is 3.47. The summed E-state index contributed by atoms with van der Waals surface area (Å²) in [6.07, 6.45) is 3.03. The molecule has 3 aromatic rings. The molecule has 0 saturated carbocycles. The van der Waals surface area contributed by atoms with Gasteiger partial charge in [0.25, 0.3) is 5.91 Å². The highest BCUT2D eigenvalue weighted by molar-refractivity contribution is 9.10. The average Bonchev–Trinajstić information content (AvgIpc) is 3.17. The van der Waals surface area contributed by atoms with Gasteiger partial charge in [-0.3, -0.25) is 9.59 Å². The lowest BCUT2D eigenvalue weighted by molar-refractivity contribution is -0.115. The molecule has 0 bridgehead atoms. The quantitative estimate of drug-likeness (QED) is 0.341. The maximum absolute atomic E-state index is 13.5. The van der Waals surface area contributed by atoms with Gasteiger partial charge in [-0.2, -0.15) is 0 Å². The number of amides is 2. The minimum absolute atomic E-state index is 0.140. The fraction of sp³-hybridized carbons (Fsp3) is 0.357. The van der Waals surface area contributed by atoms with Crippen LogP contribution in [0.2, 0.25) is 0 Å². The van der Waals surface area contributed by atoms with E-state index in [2.05, 4.69) is 47.3 Å². The Kier molecular flexibility index (Phi) is 7.67. The minimum Gasteiger partial charge on any atom is -0.497 e. The Morgan fingerprint density at radius 2 is 1.74 bits per heavy atom. The zero-order chi connectivity index (χ0) is 25.2. The molecule has 0 spiro atoms. The number of anilines is 2. The fourth-order valence-corrected chi connectivity index (χ4v) is 6.09. The highest BCUT2D eigenvalue weighted by atomic mass is 79.9. The molecular weight excluding hydrogens is 524 g/mol. The van der Waals surface area contributed by atoms with Crippen molar-refractivity contribution >= 4 is 49.8 Å². The van der Waals surface area contributed by atoms with Crippen LogP contribution in [0.5, 0.6) is 5.75 Å². The largest absolute Gasteiger partial charge is 0.497 e. The van der Waals surface area contributed by atoms with Gasteiger partial charge in [0.05, 0.1) is 19.1 Å². The van der Waals surface area contributed by atoms with Crippen molar-refractivity contribution in [2.45, 2.75) is 46.5 Å². The number of thiophene rings is 1. The van der Waals surface area contributed by atoms with E-state index in [-0.39, 0.29) is 23.7 Å². The SMILES string of the molecule is COc1ccc(CC(=O)Nc2sc3c(c2C(=O)Nc2ccc(Br)cc2)CCC(C(C)(C)C)C3)cc1. The summed E-state index contributed by atoms with van der Waals surface area (Å²) in [4.78, 5) is 27.6. The normalized spacial score (nSPS) is 15.3. The van der Waals surface area contributed by atoms with Crippen molar-refractivity contribution in [2.24, 2.45) is 11.3 Å². The third kappa shape index (κ3) is 6.14. The van der Waals surface area contributed by atoms with Crippen LogP contribution < -0.4 is 15.4 Å². The molecule has 7 heteroatoms. The van der Waals surface area contributed by atoms with Gasteiger partial charge in [0.1, 0.15) is 10.8 Å². The first-order valence-corrected chi connectivity index (χ1v) is 13.4. The van der Waals surface area contributed by atoms with Gasteiger partial charge in [-0.15, -0.1) is 11.3 Å². The topological polar surface area (TPSA) is 67.4 Å². The van der Waals surface area contributed by atoms with E-state index in [9.17, 15) is 9.59 Å². The van der Waals surface area contributed by atoms with Crippen molar-refractivity contribution in [2.75, 3.05) is 17.7 Å². The number of benzene rings is 2. The van der Waals surface area contributed by atoms with E-state index in [0.717, 1.165) is 46.3 Å². The number of hydrogen-bond acceptors (Lipinski definition) is 4. The van der Waals surface area contributed by atoms with Crippen LogP contribution in [0.25, 0.3) is 0 Å². The molecule has 1 atom stereocenters. The average molecular weight is 556 g/mol. The molecule has 2 N–H and O–H groups in total. The zero-order valence-electron chi connectivity index (χ0n) is 20.5. The molecule has 1 aromatic heterocycles. The summed E-state index contributed by atoms with van der Waals surface area (Å²) in [6, 6.07) is 15.0. The van der Waals surface area contributed by atoms with Crippen molar-refractivity contribution in [3.63, 3.8) is 0 Å². The van der Waals surface area contributed by atoms with E-state index in [1.807, 2.05) is 48.5 Å². The zero-order valence-corrected chi connectivity index (χ0v) is 22.9. The first-order chi connectivity index (χ1) is 16.6. The van der Waals surface area contributed by atoms with E-state index in [4.69, 9.17) is 4.74 Å². The number of hydrogen-bond donors (Lipinski definition) is 2. The Hall–Kier alpha value is -2.64. The third-order valence-electron chi connectivity index (χ3n) is 6.60. The lowest BCUT2D eigenvalue weighted by Crippen LogP contribution is -2.27. The molecular formula is C28H31BrN2O3S. The van der Waals surface area contributed by atoms with E-state index < -0.39 is 0 Å². The first kappa shape index (κ1) is 25.5. The number of carbonyl (C=O) groups is 2. The molecule has 2 aromatic carbocycles. The van der Waals surface area contributed by atoms with Gasteiger partial charge in [-0.05, 0) is 78.1 Å². The number of carbonyl (C=O) groups excluding carboxylic acids is 2. The number of ether oxygens (including phenoxy) is 1. The van der Waals surface area contributed by atoms with Gasteiger partial charge < -0.3 is 15.4 Å². The summed E-state index contributed by atoms with van der Waals surface area (Å²) >= 11 is 4.98. The molecule has 184 valence electrons. The summed E-state index contributed by atoms with van der Waals surface area (Å²) < 4.78 is 6.15. The van der Waals surface area contributed by atoms with Crippen LogP contribution in [0.1, 0.15) is 53.6 Å². The molecule has 4 rings (SSSR count). The van der Waals surface area contributed by atoms with E-state index in [0.29, 0.717) is 16.5 Å². The van der Waals surface area contributed by atoms with Crippen LogP contribution in [0.4, 0.5) is 10.7 Å². The maximum Gasteiger partial charge on any atom is 0.258 e. The highest BCUT2D eigenvalue weighted by Crippen LogP contribution is 2.44. The molecule has 1 heterocycles. The number of rotatable bonds is 6. The summed E-state index contributed by atoms with van der Waals surface area (Å²) in [6.45, 7) is 6.82. The number of fused-ring (bicyclic) bond motifs is 1. The Bertz CT molecular complexity index is 1210. The van der Waals surface area contributed by atoms with Crippen molar-refractivity contribution in [1.82, 2.24) is 0 Å². The van der Waals surface area contributed by atoms with Crippen molar-refractivity contribution < 1.29 is 14.3 Å². The van der Waals surface area contributed by atoms with E-state index in [1.165, 1.54) is 4.88 Å². The third-order valence-corrected chi connectivity index (χ3v) is 8.29. The predicted octanol–water partition coefficient (Wildman–Crippen LogP) is 7.10. The second-order valence-corrected chi connectivity index (χ2v) is 12.1. The molecule has 2 amide bonds. The lowest BCUT2D eigenvalue weighted by atomic mass is 9.72. The highest BCUT2D eigenvalue weighted by Gasteiger charge is 2.34. The van der Waals surface area contributed by atoms with Gasteiger partial charge >= 0.3 is 0 Å². The molecule has 35 heavy (non-hydrogen) atoms. The van der Waals surface area contributed by atoms with Crippen LogP contribution in [0, 0.1) is 11.3 Å². The Labute approximate surface area is 219 Å². The molecule has 1 unspecified atom stereocenters. The van der Waals surface area contributed by atoms with Gasteiger partial charge in [-0.1, -0.05) is 48.8 Å². The Balaban J connectivity index is 1.60. The smallest absolute Gasteiger partial charge is 0.258 e. The van der Waals surface area contributed by atoms with Gasteiger partial charge in [0.15, 0.2) is 0 Å². The molecule has 1 aliphatic rings. The van der Waals surface area contributed by atoms with Crippen molar-refractivity contribution in [3.8, 4) is 5.75 Å². The van der Waals surface area contributed by atoms with Gasteiger partial charge in [0, 0.05) is 15.0 Å². The summed E-state index contributed by atoms with van der Waals surface area (Å²) in [5.74, 6) is 0.969. The Morgan fingerprint density at radius 1 is 1.06 bits per heavy atom. The van der Waals surface area contributed by atoms with Gasteiger partial charge in [-0.25, -0.2) is 0 Å². The van der Waals surface area contributed by atoms with Crippen LogP contribution in [-0.2, 0) is 24.1 Å². The second-order valence-electron chi connectivity index (χ2n) is 10.0. The van der Waals surface area contributed by atoms with Crippen LogP contribution in [0.3, 0.4) is 0 Å². The summed E-state index contributed by atoms with van der Waals surface area (Å²) in [7, 11) is 1.62. The maximum atomic E-state index is 13.5. The monoisotopic (exact) mass is 554 g/mol. The van der Waals surface area contributed by atoms with Crippen molar-refractivity contribution in [3.05, 3.63) is 74.6 Å². The Morgan fingerprint density at radius 3 is 2.37 bits per heavy atom. The van der Waals surface area contributed by atoms with Crippen LogP contribution in [-0.4, -0.2) is 18.9 Å². The molecule has 5 nitrogen and oxygen atoms in total. The molecule has 0 saturated heterocycles. The van der Waals surface area contributed by atoms with Crippen LogP contribution in [0.15, 0.2) is 53.0 Å². The molecule has 0 aliphatic heterocycles. The van der Waals surface area contributed by atoms with E-state index >= 15 is 0 Å². The lowest BCUT2D eigenvalue weighted by Gasteiger charge is -2.33. The molecule has 0 radical (unpaired) electrons. The molecule has 1 aliphatic carbocycles. The standard InChI is InChI=1S/C28H31BrN2O3S/c1-28(2,3)18-7-14-22-23(16-18)35-27(25(22)26(33)30-20-10-8-19(29)9-11-20)31-24(32)15-17-5-12-21(34-4)13-6-17/h5-6,8-13,18H,7,14-16H2,1-4H3,(H,30,33)(H,31,32). The number of halogens is 1. The molecule has 0 fully saturated rings. The number of nitrogens with one attached hydrogen (secondary N) is 2.